The molecule has 2 rings (SSSR count). The molecular weight excluding hydrogens is 316 g/mol. The Morgan fingerprint density at radius 2 is 1.68 bits per heavy atom. The van der Waals surface area contributed by atoms with Gasteiger partial charge in [0.25, 0.3) is 5.91 Å². The number of carbonyl (C=O) groups excluding carboxylic acids is 2. The predicted octanol–water partition coefficient (Wildman–Crippen LogP) is 3.31. The lowest BCUT2D eigenvalue weighted by Crippen LogP contribution is -2.34. The molecule has 2 amide bonds. The third-order valence-electron chi connectivity index (χ3n) is 4.16. The van der Waals surface area contributed by atoms with Crippen LogP contribution in [-0.4, -0.2) is 37.9 Å². The van der Waals surface area contributed by atoms with E-state index in [0.717, 1.165) is 5.56 Å². The fraction of sp³-hybridized carbons (Fsp3) is 0.300. The van der Waals surface area contributed by atoms with E-state index >= 15 is 0 Å². The van der Waals surface area contributed by atoms with Crippen LogP contribution in [0.1, 0.15) is 29.8 Å². The molecule has 25 heavy (non-hydrogen) atoms. The van der Waals surface area contributed by atoms with Gasteiger partial charge in [-0.15, -0.1) is 0 Å². The molecule has 5 nitrogen and oxygen atoms in total. The molecular formula is C20H24N2O3. The number of benzene rings is 2. The van der Waals surface area contributed by atoms with Crippen LogP contribution in [0.4, 0.5) is 5.69 Å². The molecule has 2 aromatic carbocycles. The number of nitrogens with zero attached hydrogens (tertiary/aromatic N) is 1. The van der Waals surface area contributed by atoms with Crippen LogP contribution >= 0.6 is 0 Å². The van der Waals surface area contributed by atoms with E-state index in [1.165, 1.54) is 12.0 Å². The standard InChI is InChI=1S/C20H24N2O3/c1-20(2,14-9-7-6-8-10-14)19(24)21-15-11-12-17(25-5)16(13-15)18(23)22(3)4/h6-13H,1-5H3,(H,21,24). The molecule has 0 unspecified atom stereocenters. The van der Waals surface area contributed by atoms with E-state index in [-0.39, 0.29) is 11.8 Å². The largest absolute Gasteiger partial charge is 0.496 e. The maximum Gasteiger partial charge on any atom is 0.257 e. The highest BCUT2D eigenvalue weighted by Crippen LogP contribution is 2.27. The molecule has 0 saturated carbocycles. The number of methoxy groups -OCH3 is 1. The minimum atomic E-state index is -0.701. The fourth-order valence-electron chi connectivity index (χ4n) is 2.47. The number of nitrogens with one attached hydrogen (secondary N) is 1. The normalized spacial score (nSPS) is 10.9. The van der Waals surface area contributed by atoms with Crippen molar-refractivity contribution in [1.29, 1.82) is 0 Å². The van der Waals surface area contributed by atoms with Crippen LogP contribution in [-0.2, 0) is 10.2 Å². The Morgan fingerprint density at radius 3 is 2.24 bits per heavy atom. The molecule has 0 spiro atoms. The van der Waals surface area contributed by atoms with E-state index in [1.807, 2.05) is 44.2 Å². The van der Waals surface area contributed by atoms with Crippen molar-refractivity contribution >= 4 is 17.5 Å². The molecule has 0 aliphatic rings. The minimum absolute atomic E-state index is 0.146. The Hall–Kier alpha value is -2.82. The molecule has 0 aliphatic carbocycles. The summed E-state index contributed by atoms with van der Waals surface area (Å²) in [5, 5.41) is 2.90. The molecule has 0 heterocycles. The summed E-state index contributed by atoms with van der Waals surface area (Å²) in [6.07, 6.45) is 0. The van der Waals surface area contributed by atoms with Crippen LogP contribution in [0.15, 0.2) is 48.5 Å². The second-order valence-corrected chi connectivity index (χ2v) is 6.56. The lowest BCUT2D eigenvalue weighted by Gasteiger charge is -2.24. The van der Waals surface area contributed by atoms with Gasteiger partial charge in [0.05, 0.1) is 18.1 Å². The van der Waals surface area contributed by atoms with Gasteiger partial charge in [-0.2, -0.15) is 0 Å². The van der Waals surface area contributed by atoms with Crippen LogP contribution < -0.4 is 10.1 Å². The van der Waals surface area contributed by atoms with Crippen LogP contribution in [0.2, 0.25) is 0 Å². The van der Waals surface area contributed by atoms with Gasteiger partial charge in [-0.3, -0.25) is 9.59 Å². The van der Waals surface area contributed by atoms with E-state index in [1.54, 1.807) is 32.3 Å². The van der Waals surface area contributed by atoms with Crippen molar-refractivity contribution in [3.05, 3.63) is 59.7 Å². The van der Waals surface area contributed by atoms with Crippen LogP contribution in [0, 0.1) is 0 Å². The van der Waals surface area contributed by atoms with Crippen LogP contribution in [0.5, 0.6) is 5.75 Å². The summed E-state index contributed by atoms with van der Waals surface area (Å²) in [5.74, 6) is 0.140. The topological polar surface area (TPSA) is 58.6 Å². The summed E-state index contributed by atoms with van der Waals surface area (Å²) in [4.78, 5) is 26.5. The first-order chi connectivity index (χ1) is 11.8. The molecule has 0 radical (unpaired) electrons. The van der Waals surface area contributed by atoms with Crippen molar-refractivity contribution in [2.45, 2.75) is 19.3 Å². The number of amides is 2. The summed E-state index contributed by atoms with van der Waals surface area (Å²) < 4.78 is 5.25. The maximum atomic E-state index is 12.8. The summed E-state index contributed by atoms with van der Waals surface area (Å²) in [6.45, 7) is 3.74. The van der Waals surface area contributed by atoms with Crippen molar-refractivity contribution in [2.24, 2.45) is 0 Å². The first-order valence-electron chi connectivity index (χ1n) is 8.04. The first-order valence-corrected chi connectivity index (χ1v) is 8.04. The van der Waals surface area contributed by atoms with Gasteiger partial charge >= 0.3 is 0 Å². The molecule has 5 heteroatoms. The number of anilines is 1. The number of hydrogen-bond acceptors (Lipinski definition) is 3. The molecule has 132 valence electrons. The molecule has 0 aromatic heterocycles. The Bertz CT molecular complexity index is 768. The summed E-state index contributed by atoms with van der Waals surface area (Å²) in [7, 11) is 4.86. The highest BCUT2D eigenvalue weighted by atomic mass is 16.5. The van der Waals surface area contributed by atoms with Crippen LogP contribution in [0.3, 0.4) is 0 Å². The minimum Gasteiger partial charge on any atom is -0.496 e. The van der Waals surface area contributed by atoms with Gasteiger partial charge < -0.3 is 15.0 Å². The molecule has 0 atom stereocenters. The SMILES string of the molecule is COc1ccc(NC(=O)C(C)(C)c2ccccc2)cc1C(=O)N(C)C. The van der Waals surface area contributed by atoms with Gasteiger partial charge in [0.1, 0.15) is 5.75 Å². The quantitative estimate of drug-likeness (QED) is 0.908. The summed E-state index contributed by atoms with van der Waals surface area (Å²) in [6, 6.07) is 14.6. The highest BCUT2D eigenvalue weighted by Gasteiger charge is 2.30. The Kier molecular flexibility index (Phi) is 5.47. The van der Waals surface area contributed by atoms with Gasteiger partial charge in [0, 0.05) is 19.8 Å². The number of carbonyl (C=O) groups is 2. The number of hydrogen-bond donors (Lipinski definition) is 1. The third-order valence-corrected chi connectivity index (χ3v) is 4.16. The Morgan fingerprint density at radius 1 is 1.04 bits per heavy atom. The maximum absolute atomic E-state index is 12.8. The molecule has 0 bridgehead atoms. The summed E-state index contributed by atoms with van der Waals surface area (Å²) >= 11 is 0. The van der Waals surface area contributed by atoms with Crippen molar-refractivity contribution in [2.75, 3.05) is 26.5 Å². The zero-order valence-electron chi connectivity index (χ0n) is 15.3. The van der Waals surface area contributed by atoms with Crippen molar-refractivity contribution in [3.63, 3.8) is 0 Å². The zero-order chi connectivity index (χ0) is 18.6. The lowest BCUT2D eigenvalue weighted by atomic mass is 9.83. The summed E-state index contributed by atoms with van der Waals surface area (Å²) in [5.41, 5.74) is 1.18. The van der Waals surface area contributed by atoms with Crippen molar-refractivity contribution in [1.82, 2.24) is 4.90 Å². The van der Waals surface area contributed by atoms with Gasteiger partial charge in [0.15, 0.2) is 0 Å². The molecule has 1 N–H and O–H groups in total. The average molecular weight is 340 g/mol. The molecule has 0 aliphatic heterocycles. The fourth-order valence-corrected chi connectivity index (χ4v) is 2.47. The second kappa shape index (κ2) is 7.38. The van der Waals surface area contributed by atoms with Crippen molar-refractivity contribution in [3.8, 4) is 5.75 Å². The average Bonchev–Trinajstić information content (AvgIpc) is 2.61. The Labute approximate surface area is 148 Å². The van der Waals surface area contributed by atoms with Gasteiger partial charge in [-0.05, 0) is 37.6 Å². The molecule has 2 aromatic rings. The monoisotopic (exact) mass is 340 g/mol. The lowest BCUT2D eigenvalue weighted by molar-refractivity contribution is -0.120. The smallest absolute Gasteiger partial charge is 0.257 e. The second-order valence-electron chi connectivity index (χ2n) is 6.56. The van der Waals surface area contributed by atoms with Gasteiger partial charge in [-0.25, -0.2) is 0 Å². The Balaban J connectivity index is 2.29. The predicted molar refractivity (Wildman–Crippen MR) is 99.1 cm³/mol. The molecule has 0 fully saturated rings. The first kappa shape index (κ1) is 18.5. The zero-order valence-corrected chi connectivity index (χ0v) is 15.3. The van der Waals surface area contributed by atoms with E-state index in [0.29, 0.717) is 17.0 Å². The van der Waals surface area contributed by atoms with Gasteiger partial charge in [-0.1, -0.05) is 30.3 Å². The van der Waals surface area contributed by atoms with E-state index in [9.17, 15) is 9.59 Å². The third kappa shape index (κ3) is 3.99. The number of rotatable bonds is 5. The van der Waals surface area contributed by atoms with Crippen LogP contribution in [0.25, 0.3) is 0 Å². The van der Waals surface area contributed by atoms with E-state index < -0.39 is 5.41 Å². The van der Waals surface area contributed by atoms with Gasteiger partial charge in [0.2, 0.25) is 5.91 Å². The number of ether oxygens (including phenoxy) is 1. The molecule has 0 saturated heterocycles. The van der Waals surface area contributed by atoms with E-state index in [4.69, 9.17) is 4.74 Å². The van der Waals surface area contributed by atoms with E-state index in [2.05, 4.69) is 5.32 Å². The highest BCUT2D eigenvalue weighted by molar-refractivity contribution is 6.01. The van der Waals surface area contributed by atoms with Crippen molar-refractivity contribution < 1.29 is 14.3 Å².